The molecule has 1 aromatic carbocycles. The second-order valence-electron chi connectivity index (χ2n) is 2.74. The van der Waals surface area contributed by atoms with E-state index >= 15 is 0 Å². The van der Waals surface area contributed by atoms with Gasteiger partial charge in [0.2, 0.25) is 0 Å². The van der Waals surface area contributed by atoms with Gasteiger partial charge >= 0.3 is 6.09 Å². The monoisotopic (exact) mass is 251 g/mol. The highest BCUT2D eigenvalue weighted by molar-refractivity contribution is 5.96. The molecule has 1 rings (SSSR count). The first kappa shape index (κ1) is 15.4. The number of hydrogen-bond donors (Lipinski definition) is 4. The summed E-state index contributed by atoms with van der Waals surface area (Å²) in [4.78, 5) is 21.4. The number of nitrogens with zero attached hydrogens (tertiary/aromatic N) is 1. The molecule has 0 spiro atoms. The Balaban J connectivity index is 0.00000137. The molecule has 0 saturated heterocycles. The summed E-state index contributed by atoms with van der Waals surface area (Å²) in [7, 11) is 0. The maximum atomic E-state index is 11.0. The van der Waals surface area contributed by atoms with Crippen LogP contribution in [0.2, 0.25) is 0 Å². The smallest absolute Gasteiger partial charge is 0.409 e. The van der Waals surface area contributed by atoms with E-state index in [4.69, 9.17) is 15.6 Å². The summed E-state index contributed by atoms with van der Waals surface area (Å²) in [5, 5.41) is 27.6. The van der Waals surface area contributed by atoms with Gasteiger partial charge in [-0.05, 0) is 18.2 Å². The van der Waals surface area contributed by atoms with Crippen LogP contribution in [0.1, 0.15) is 29.8 Å². The Morgan fingerprint density at radius 3 is 2.39 bits per heavy atom. The van der Waals surface area contributed by atoms with E-state index in [1.807, 2.05) is 19.2 Å². The lowest BCUT2D eigenvalue weighted by molar-refractivity contribution is 0.0706. The number of carbonyl (C=O) groups excluding carboxylic acids is 1. The van der Waals surface area contributed by atoms with Crippen LogP contribution in [0.15, 0.2) is 18.2 Å². The van der Waals surface area contributed by atoms with Crippen molar-refractivity contribution in [1.29, 1.82) is 5.26 Å². The molecule has 2 amide bonds. The third kappa shape index (κ3) is 4.11. The van der Waals surface area contributed by atoms with Crippen LogP contribution < -0.4 is 10.8 Å². The van der Waals surface area contributed by atoms with Crippen molar-refractivity contribution in [3.8, 4) is 6.07 Å². The molecule has 0 heterocycles. The van der Waals surface area contributed by atoms with Crippen molar-refractivity contribution in [2.75, 3.05) is 5.32 Å². The van der Waals surface area contributed by atoms with Gasteiger partial charge < -0.3 is 5.11 Å². The van der Waals surface area contributed by atoms with Crippen molar-refractivity contribution in [2.45, 2.75) is 13.8 Å². The molecule has 0 bridgehead atoms. The molecule has 0 aromatic heterocycles. The summed E-state index contributed by atoms with van der Waals surface area (Å²) in [6.07, 6.45) is -1.35. The topological polar surface area (TPSA) is 122 Å². The lowest BCUT2D eigenvalue weighted by atomic mass is 10.1. The zero-order valence-corrected chi connectivity index (χ0v) is 9.89. The van der Waals surface area contributed by atoms with Crippen LogP contribution in [0, 0.1) is 11.3 Å². The van der Waals surface area contributed by atoms with Gasteiger partial charge in [-0.15, -0.1) is 0 Å². The van der Waals surface area contributed by atoms with Gasteiger partial charge in [0, 0.05) is 5.56 Å². The zero-order valence-electron chi connectivity index (χ0n) is 9.89. The molecule has 0 atom stereocenters. The molecular formula is C11H13N3O4. The van der Waals surface area contributed by atoms with Gasteiger partial charge in [0.05, 0.1) is 11.3 Å². The molecule has 0 fully saturated rings. The van der Waals surface area contributed by atoms with E-state index in [1.54, 1.807) is 6.07 Å². The van der Waals surface area contributed by atoms with E-state index in [1.165, 1.54) is 17.6 Å². The lowest BCUT2D eigenvalue weighted by Gasteiger charge is -2.05. The van der Waals surface area contributed by atoms with Crippen LogP contribution in [-0.2, 0) is 0 Å². The number of carbonyl (C=O) groups is 2. The Bertz CT molecular complexity index is 480. The second-order valence-corrected chi connectivity index (χ2v) is 2.74. The van der Waals surface area contributed by atoms with Gasteiger partial charge in [-0.1, -0.05) is 13.8 Å². The number of anilines is 1. The molecule has 0 unspecified atom stereocenters. The van der Waals surface area contributed by atoms with E-state index in [0.717, 1.165) is 6.07 Å². The highest BCUT2D eigenvalue weighted by Crippen LogP contribution is 2.17. The van der Waals surface area contributed by atoms with Gasteiger partial charge in [0.25, 0.3) is 5.91 Å². The summed E-state index contributed by atoms with van der Waals surface area (Å²) >= 11 is 0. The summed E-state index contributed by atoms with van der Waals surface area (Å²) in [6.45, 7) is 4.00. The van der Waals surface area contributed by atoms with Crippen LogP contribution >= 0.6 is 0 Å². The van der Waals surface area contributed by atoms with Crippen molar-refractivity contribution in [3.63, 3.8) is 0 Å². The van der Waals surface area contributed by atoms with Crippen molar-refractivity contribution < 1.29 is 19.9 Å². The maximum Gasteiger partial charge on any atom is 0.409 e. The van der Waals surface area contributed by atoms with Crippen LogP contribution in [0.4, 0.5) is 10.5 Å². The summed E-state index contributed by atoms with van der Waals surface area (Å²) < 4.78 is 0. The second kappa shape index (κ2) is 7.65. The van der Waals surface area contributed by atoms with Crippen LogP contribution in [-0.4, -0.2) is 22.3 Å². The minimum absolute atomic E-state index is 0.0175. The average molecular weight is 251 g/mol. The van der Waals surface area contributed by atoms with E-state index < -0.39 is 12.0 Å². The number of benzene rings is 1. The first-order valence-electron chi connectivity index (χ1n) is 5.07. The minimum Gasteiger partial charge on any atom is -0.465 e. The Kier molecular flexibility index (Phi) is 6.55. The normalized spacial score (nSPS) is 8.33. The molecular weight excluding hydrogens is 238 g/mol. The zero-order chi connectivity index (χ0) is 14.1. The van der Waals surface area contributed by atoms with E-state index in [9.17, 15) is 9.59 Å². The Morgan fingerprint density at radius 2 is 1.94 bits per heavy atom. The van der Waals surface area contributed by atoms with E-state index in [2.05, 4.69) is 0 Å². The molecule has 0 aliphatic heterocycles. The first-order chi connectivity index (χ1) is 8.58. The summed E-state index contributed by atoms with van der Waals surface area (Å²) in [6, 6.07) is 5.48. The Hall–Kier alpha value is -2.59. The van der Waals surface area contributed by atoms with Crippen molar-refractivity contribution in [3.05, 3.63) is 29.3 Å². The fraction of sp³-hybridized carbons (Fsp3) is 0.182. The molecule has 1 aromatic rings. The number of nitrogens with one attached hydrogen (secondary N) is 2. The Morgan fingerprint density at radius 1 is 1.33 bits per heavy atom. The SMILES string of the molecule is CC.N#Cc1ccc(C(=O)NO)cc1NC(=O)O. The third-order valence-corrected chi connectivity index (χ3v) is 1.75. The van der Waals surface area contributed by atoms with Gasteiger partial charge in [-0.2, -0.15) is 5.26 Å². The Labute approximate surface area is 104 Å². The molecule has 18 heavy (non-hydrogen) atoms. The molecule has 4 N–H and O–H groups in total. The highest BCUT2D eigenvalue weighted by atomic mass is 16.5. The molecule has 0 aliphatic carbocycles. The van der Waals surface area contributed by atoms with Crippen molar-refractivity contribution >= 4 is 17.7 Å². The molecule has 7 nitrogen and oxygen atoms in total. The highest BCUT2D eigenvalue weighted by Gasteiger charge is 2.10. The average Bonchev–Trinajstić information content (AvgIpc) is 2.39. The molecule has 0 saturated carbocycles. The van der Waals surface area contributed by atoms with Gasteiger partial charge in [-0.25, -0.2) is 10.3 Å². The number of hydrogen-bond acceptors (Lipinski definition) is 4. The quantitative estimate of drug-likeness (QED) is 0.471. The standard InChI is InChI=1S/C9H7N3O4.C2H6/c10-4-6-2-1-5(8(13)12-16)3-7(6)11-9(14)15;1-2/h1-3,11,16H,(H,12,13)(H,14,15);1-2H3. The van der Waals surface area contributed by atoms with Gasteiger partial charge in [-0.3, -0.25) is 15.3 Å². The number of rotatable bonds is 2. The maximum absolute atomic E-state index is 11.0. The largest absolute Gasteiger partial charge is 0.465 e. The predicted octanol–water partition coefficient (Wildman–Crippen LogP) is 1.79. The molecule has 0 aliphatic rings. The predicted molar refractivity (Wildman–Crippen MR) is 63.4 cm³/mol. The number of nitriles is 1. The fourth-order valence-electron chi connectivity index (χ4n) is 1.07. The van der Waals surface area contributed by atoms with E-state index in [0.29, 0.717) is 0 Å². The summed E-state index contributed by atoms with van der Waals surface area (Å²) in [5.74, 6) is -0.794. The van der Waals surface area contributed by atoms with Crippen LogP contribution in [0.3, 0.4) is 0 Å². The van der Waals surface area contributed by atoms with Gasteiger partial charge in [0.1, 0.15) is 6.07 Å². The molecule has 0 radical (unpaired) electrons. The fourth-order valence-corrected chi connectivity index (χ4v) is 1.07. The number of amides is 2. The number of carboxylic acid groups (broad SMARTS) is 1. The van der Waals surface area contributed by atoms with Gasteiger partial charge in [0.15, 0.2) is 0 Å². The molecule has 7 heteroatoms. The number of hydroxylamine groups is 1. The van der Waals surface area contributed by atoms with E-state index in [-0.39, 0.29) is 16.8 Å². The minimum atomic E-state index is -1.35. The van der Waals surface area contributed by atoms with Crippen LogP contribution in [0.25, 0.3) is 0 Å². The summed E-state index contributed by atoms with van der Waals surface area (Å²) in [5.41, 5.74) is 1.50. The third-order valence-electron chi connectivity index (χ3n) is 1.75. The first-order valence-corrected chi connectivity index (χ1v) is 5.07. The molecule has 96 valence electrons. The van der Waals surface area contributed by atoms with Crippen molar-refractivity contribution in [2.24, 2.45) is 0 Å². The lowest BCUT2D eigenvalue weighted by Crippen LogP contribution is -2.19. The van der Waals surface area contributed by atoms with Crippen LogP contribution in [0.5, 0.6) is 0 Å². The van der Waals surface area contributed by atoms with Crippen molar-refractivity contribution in [1.82, 2.24) is 5.48 Å².